The van der Waals surface area contributed by atoms with Crippen LogP contribution in [0.4, 0.5) is 10.5 Å². The molecule has 0 radical (unpaired) electrons. The van der Waals surface area contributed by atoms with Crippen molar-refractivity contribution < 1.29 is 23.9 Å². The summed E-state index contributed by atoms with van der Waals surface area (Å²) in [6.45, 7) is 6.10. The Morgan fingerprint density at radius 1 is 0.938 bits per heavy atom. The zero-order valence-electron chi connectivity index (χ0n) is 18.2. The van der Waals surface area contributed by atoms with E-state index >= 15 is 0 Å². The summed E-state index contributed by atoms with van der Waals surface area (Å²) in [6.07, 6.45) is -0.637. The molecule has 3 aromatic rings. The lowest BCUT2D eigenvalue weighted by Crippen LogP contribution is -2.30. The van der Waals surface area contributed by atoms with Crippen LogP contribution in [-0.2, 0) is 4.74 Å². The highest BCUT2D eigenvalue weighted by atomic mass is 28.4. The topological polar surface area (TPSA) is 84.9 Å². The number of rotatable bonds is 6. The van der Waals surface area contributed by atoms with Crippen molar-refractivity contribution in [2.24, 2.45) is 0 Å². The highest BCUT2D eigenvalue weighted by Gasteiger charge is 2.29. The summed E-state index contributed by atoms with van der Waals surface area (Å²) >= 11 is 0. The summed E-state index contributed by atoms with van der Waals surface area (Å²) in [5.74, 6) is -0.862. The first-order valence-corrected chi connectivity index (χ1v) is 13.8. The third-order valence-electron chi connectivity index (χ3n) is 5.22. The Bertz CT molecular complexity index is 1140. The van der Waals surface area contributed by atoms with Crippen molar-refractivity contribution in [3.05, 3.63) is 83.4 Å². The number of nitrogens with one attached hydrogen (secondary N) is 1. The van der Waals surface area contributed by atoms with Crippen molar-refractivity contribution in [1.82, 2.24) is 0 Å². The van der Waals surface area contributed by atoms with Crippen LogP contribution < -0.4 is 9.74 Å². The van der Waals surface area contributed by atoms with Gasteiger partial charge in [-0.1, -0.05) is 48.5 Å². The maximum Gasteiger partial charge on any atom is 0.411 e. The molecule has 2 N–H and O–H groups in total. The zero-order chi connectivity index (χ0) is 22.9. The maximum absolute atomic E-state index is 12.5. The number of hydrogen-bond acceptors (Lipinski definition) is 4. The number of aromatic carboxylic acids is 1. The standard InChI is InChI=1S/C25H25NO5Si/c1-32(2,3)31-23-13-12-16(14-21(23)24(27)28)26-25(29)30-15-22-19-10-6-4-8-17(19)18-9-5-7-11-20(18)22/h4-14,22H,15H2,1-3H3,(H,26,29)(H,27,28). The lowest BCUT2D eigenvalue weighted by Gasteiger charge is -2.21. The van der Waals surface area contributed by atoms with E-state index in [9.17, 15) is 14.7 Å². The predicted molar refractivity (Wildman–Crippen MR) is 126 cm³/mol. The summed E-state index contributed by atoms with van der Waals surface area (Å²) in [4.78, 5) is 24.2. The largest absolute Gasteiger partial charge is 0.544 e. The Balaban J connectivity index is 1.47. The van der Waals surface area contributed by atoms with Crippen LogP contribution in [0, 0.1) is 0 Å². The Hall–Kier alpha value is -3.58. The van der Waals surface area contributed by atoms with Crippen molar-refractivity contribution >= 4 is 26.1 Å². The molecule has 1 aliphatic rings. The van der Waals surface area contributed by atoms with Crippen LogP contribution in [0.2, 0.25) is 19.6 Å². The van der Waals surface area contributed by atoms with E-state index < -0.39 is 20.4 Å². The number of carboxylic acid groups (broad SMARTS) is 1. The number of carbonyl (C=O) groups is 2. The molecule has 4 rings (SSSR count). The minimum Gasteiger partial charge on any atom is -0.544 e. The van der Waals surface area contributed by atoms with Gasteiger partial charge in [0.1, 0.15) is 17.9 Å². The molecule has 164 valence electrons. The molecule has 0 spiro atoms. The Kier molecular flexibility index (Phi) is 5.76. The minimum absolute atomic E-state index is 0.00359. The molecule has 0 aliphatic heterocycles. The molecule has 3 aromatic carbocycles. The number of hydrogen-bond donors (Lipinski definition) is 2. The van der Waals surface area contributed by atoms with Crippen molar-refractivity contribution in [3.63, 3.8) is 0 Å². The molecule has 1 amide bonds. The van der Waals surface area contributed by atoms with Crippen LogP contribution >= 0.6 is 0 Å². The van der Waals surface area contributed by atoms with Gasteiger partial charge in [-0.05, 0) is 60.1 Å². The van der Waals surface area contributed by atoms with Gasteiger partial charge in [-0.15, -0.1) is 0 Å². The van der Waals surface area contributed by atoms with E-state index in [1.807, 2.05) is 43.9 Å². The van der Waals surface area contributed by atoms with E-state index in [4.69, 9.17) is 9.16 Å². The smallest absolute Gasteiger partial charge is 0.411 e. The van der Waals surface area contributed by atoms with E-state index in [2.05, 4.69) is 29.6 Å². The fraction of sp³-hybridized carbons (Fsp3) is 0.200. The quantitative estimate of drug-likeness (QED) is 0.456. The first-order valence-electron chi connectivity index (χ1n) is 10.4. The van der Waals surface area contributed by atoms with Crippen LogP contribution in [0.25, 0.3) is 11.1 Å². The first kappa shape index (κ1) is 21.6. The SMILES string of the molecule is C[Si](C)(C)Oc1ccc(NC(=O)OCC2c3ccccc3-c3ccccc32)cc1C(=O)O. The van der Waals surface area contributed by atoms with Gasteiger partial charge in [0.15, 0.2) is 0 Å². The third kappa shape index (κ3) is 4.52. The van der Waals surface area contributed by atoms with Gasteiger partial charge in [0, 0.05) is 11.6 Å². The second-order valence-corrected chi connectivity index (χ2v) is 13.1. The number of amides is 1. The van der Waals surface area contributed by atoms with Crippen LogP contribution in [0.5, 0.6) is 5.75 Å². The van der Waals surface area contributed by atoms with Gasteiger partial charge >= 0.3 is 12.1 Å². The molecule has 0 fully saturated rings. The molecule has 0 atom stereocenters. The summed E-state index contributed by atoms with van der Waals surface area (Å²) in [6, 6.07) is 20.8. The molecule has 0 saturated carbocycles. The first-order chi connectivity index (χ1) is 15.2. The number of fused-ring (bicyclic) bond motifs is 3. The van der Waals surface area contributed by atoms with Crippen molar-refractivity contribution in [2.75, 3.05) is 11.9 Å². The zero-order valence-corrected chi connectivity index (χ0v) is 19.2. The molecule has 0 unspecified atom stereocenters. The van der Waals surface area contributed by atoms with Crippen LogP contribution in [0.1, 0.15) is 27.4 Å². The molecule has 0 aromatic heterocycles. The fourth-order valence-electron chi connectivity index (χ4n) is 3.95. The number of carbonyl (C=O) groups excluding carboxylic acids is 1. The van der Waals surface area contributed by atoms with Gasteiger partial charge < -0.3 is 14.3 Å². The van der Waals surface area contributed by atoms with Gasteiger partial charge in [-0.3, -0.25) is 5.32 Å². The van der Waals surface area contributed by atoms with E-state index in [0.29, 0.717) is 11.4 Å². The number of anilines is 1. The average Bonchev–Trinajstić information content (AvgIpc) is 3.06. The lowest BCUT2D eigenvalue weighted by atomic mass is 9.98. The molecular weight excluding hydrogens is 422 g/mol. The maximum atomic E-state index is 12.5. The minimum atomic E-state index is -1.99. The summed E-state index contributed by atoms with van der Waals surface area (Å²) < 4.78 is 11.4. The molecule has 32 heavy (non-hydrogen) atoms. The molecule has 0 heterocycles. The molecule has 0 saturated heterocycles. The summed E-state index contributed by atoms with van der Waals surface area (Å²) in [5.41, 5.74) is 4.90. The number of carboxylic acids is 1. The molecule has 7 heteroatoms. The average molecular weight is 448 g/mol. The predicted octanol–water partition coefficient (Wildman–Crippen LogP) is 5.96. The van der Waals surface area contributed by atoms with Crippen molar-refractivity contribution in [3.8, 4) is 16.9 Å². The number of ether oxygens (including phenoxy) is 1. The van der Waals surface area contributed by atoms with Gasteiger partial charge in [0.2, 0.25) is 8.32 Å². The Labute approximate surface area is 187 Å². The highest BCUT2D eigenvalue weighted by molar-refractivity contribution is 6.70. The molecule has 0 bridgehead atoms. The molecular formula is C25H25NO5Si. The van der Waals surface area contributed by atoms with Crippen molar-refractivity contribution in [1.29, 1.82) is 0 Å². The molecule has 1 aliphatic carbocycles. The monoisotopic (exact) mass is 447 g/mol. The van der Waals surface area contributed by atoms with E-state index in [1.54, 1.807) is 12.1 Å². The molecule has 6 nitrogen and oxygen atoms in total. The van der Waals surface area contributed by atoms with Gasteiger partial charge in [0.05, 0.1) is 0 Å². The Morgan fingerprint density at radius 3 is 2.09 bits per heavy atom. The third-order valence-corrected chi connectivity index (χ3v) is 6.05. The van der Waals surface area contributed by atoms with Crippen molar-refractivity contribution in [2.45, 2.75) is 25.6 Å². The van der Waals surface area contributed by atoms with E-state index in [0.717, 1.165) is 22.3 Å². The highest BCUT2D eigenvalue weighted by Crippen LogP contribution is 2.44. The normalized spacial score (nSPS) is 12.6. The Morgan fingerprint density at radius 2 is 1.53 bits per heavy atom. The van der Waals surface area contributed by atoms with Crippen LogP contribution in [0.15, 0.2) is 66.7 Å². The van der Waals surface area contributed by atoms with Gasteiger partial charge in [-0.2, -0.15) is 0 Å². The summed E-state index contributed by atoms with van der Waals surface area (Å²) in [5, 5.41) is 12.2. The second-order valence-electron chi connectivity index (χ2n) is 8.68. The van der Waals surface area contributed by atoms with E-state index in [-0.39, 0.29) is 18.1 Å². The fourth-order valence-corrected chi connectivity index (χ4v) is 4.78. The van der Waals surface area contributed by atoms with Gasteiger partial charge in [0.25, 0.3) is 0 Å². The van der Waals surface area contributed by atoms with Gasteiger partial charge in [-0.25, -0.2) is 9.59 Å². The second kappa shape index (κ2) is 8.51. The van der Waals surface area contributed by atoms with Crippen LogP contribution in [-0.4, -0.2) is 32.1 Å². The number of benzene rings is 3. The summed E-state index contributed by atoms with van der Waals surface area (Å²) in [7, 11) is -1.99. The van der Waals surface area contributed by atoms with E-state index in [1.165, 1.54) is 6.07 Å². The van der Waals surface area contributed by atoms with Crippen LogP contribution in [0.3, 0.4) is 0 Å². The lowest BCUT2D eigenvalue weighted by molar-refractivity contribution is 0.0694.